The molecule has 0 amide bonds. The van der Waals surface area contributed by atoms with E-state index in [9.17, 15) is 13.5 Å². The van der Waals surface area contributed by atoms with Gasteiger partial charge in [0.2, 0.25) is 0 Å². The van der Waals surface area contributed by atoms with Crippen LogP contribution in [-0.2, 0) is 29.2 Å². The van der Waals surface area contributed by atoms with E-state index in [-0.39, 0.29) is 11.5 Å². The van der Waals surface area contributed by atoms with E-state index < -0.39 is 15.9 Å². The average Bonchev–Trinajstić information content (AvgIpc) is 2.74. The highest BCUT2D eigenvalue weighted by Gasteiger charge is 2.20. The number of sulfone groups is 1. The summed E-state index contributed by atoms with van der Waals surface area (Å²) in [4.78, 5) is 0. The minimum atomic E-state index is -3.00. The van der Waals surface area contributed by atoms with E-state index in [1.165, 1.54) is 0 Å². The lowest BCUT2D eigenvalue weighted by molar-refractivity contribution is 0.197. The van der Waals surface area contributed by atoms with Gasteiger partial charge in [-0.3, -0.25) is 4.68 Å². The van der Waals surface area contributed by atoms with Gasteiger partial charge < -0.3 is 5.11 Å². The molecule has 0 aliphatic rings. The van der Waals surface area contributed by atoms with E-state index >= 15 is 0 Å². The third-order valence-electron chi connectivity index (χ3n) is 3.32. The molecule has 5 nitrogen and oxygen atoms in total. The van der Waals surface area contributed by atoms with Crippen LogP contribution in [0.3, 0.4) is 0 Å². The van der Waals surface area contributed by atoms with Gasteiger partial charge in [0, 0.05) is 17.0 Å². The number of aliphatic hydroxyl groups excluding tert-OH is 1. The number of hydrogen-bond donors (Lipinski definition) is 1. The molecule has 1 atom stereocenters. The predicted molar refractivity (Wildman–Crippen MR) is 75.9 cm³/mol. The molecule has 0 spiro atoms. The molecule has 6 heteroatoms. The smallest absolute Gasteiger partial charge is 0.151 e. The third kappa shape index (κ3) is 3.79. The molecule has 0 fully saturated rings. The van der Waals surface area contributed by atoms with Crippen LogP contribution in [0.15, 0.2) is 0 Å². The SMILES string of the molecule is CCc1nn(CCS(=O)(=O)CC)c(CC)c1C(C)O. The molecule has 0 aromatic carbocycles. The Morgan fingerprint density at radius 1 is 1.26 bits per heavy atom. The van der Waals surface area contributed by atoms with Gasteiger partial charge in [0.05, 0.1) is 24.1 Å². The Morgan fingerprint density at radius 3 is 2.32 bits per heavy atom. The lowest BCUT2D eigenvalue weighted by Crippen LogP contribution is -2.17. The summed E-state index contributed by atoms with van der Waals surface area (Å²) in [6.07, 6.45) is 0.904. The molecule has 0 radical (unpaired) electrons. The number of aliphatic hydroxyl groups is 1. The summed E-state index contributed by atoms with van der Waals surface area (Å²) in [5.41, 5.74) is 2.66. The molecule has 0 aliphatic carbocycles. The Kier molecular flexibility index (Phi) is 5.55. The number of rotatable bonds is 7. The van der Waals surface area contributed by atoms with Crippen molar-refractivity contribution in [2.75, 3.05) is 11.5 Å². The van der Waals surface area contributed by atoms with Crippen LogP contribution in [0.4, 0.5) is 0 Å². The highest BCUT2D eigenvalue weighted by molar-refractivity contribution is 7.91. The van der Waals surface area contributed by atoms with Crippen molar-refractivity contribution in [2.45, 2.75) is 53.2 Å². The lowest BCUT2D eigenvalue weighted by atomic mass is 10.0. The molecule has 1 unspecified atom stereocenters. The van der Waals surface area contributed by atoms with Gasteiger partial charge in [-0.2, -0.15) is 5.10 Å². The average molecular weight is 288 g/mol. The second-order valence-corrected chi connectivity index (χ2v) is 7.12. The number of aryl methyl sites for hydroxylation is 2. The molecule has 0 bridgehead atoms. The first-order valence-electron chi connectivity index (χ1n) is 6.83. The summed E-state index contributed by atoms with van der Waals surface area (Å²) in [6, 6.07) is 0. The number of hydrogen-bond acceptors (Lipinski definition) is 4. The fourth-order valence-electron chi connectivity index (χ4n) is 2.24. The van der Waals surface area contributed by atoms with Gasteiger partial charge in [-0.1, -0.05) is 20.8 Å². The Hall–Kier alpha value is -0.880. The van der Waals surface area contributed by atoms with Crippen LogP contribution in [0, 0.1) is 0 Å². The van der Waals surface area contributed by atoms with Gasteiger partial charge in [0.1, 0.15) is 0 Å². The summed E-state index contributed by atoms with van der Waals surface area (Å²) in [6.45, 7) is 7.72. The van der Waals surface area contributed by atoms with E-state index in [4.69, 9.17) is 0 Å². The van der Waals surface area contributed by atoms with Gasteiger partial charge in [0.15, 0.2) is 9.84 Å². The fraction of sp³-hybridized carbons (Fsp3) is 0.769. The van der Waals surface area contributed by atoms with E-state index in [1.54, 1.807) is 18.5 Å². The van der Waals surface area contributed by atoms with Crippen molar-refractivity contribution in [1.29, 1.82) is 0 Å². The molecule has 1 aromatic rings. The summed E-state index contributed by atoms with van der Waals surface area (Å²) >= 11 is 0. The minimum Gasteiger partial charge on any atom is -0.389 e. The fourth-order valence-corrected chi connectivity index (χ4v) is 2.98. The van der Waals surface area contributed by atoms with Crippen LogP contribution in [0.2, 0.25) is 0 Å². The molecule has 1 rings (SSSR count). The monoisotopic (exact) mass is 288 g/mol. The molecule has 1 N–H and O–H groups in total. The molecule has 0 saturated carbocycles. The highest BCUT2D eigenvalue weighted by atomic mass is 32.2. The molecule has 1 heterocycles. The molecule has 19 heavy (non-hydrogen) atoms. The summed E-state index contributed by atoms with van der Waals surface area (Å²) in [7, 11) is -3.00. The number of aromatic nitrogens is 2. The quantitative estimate of drug-likeness (QED) is 0.825. The highest BCUT2D eigenvalue weighted by Crippen LogP contribution is 2.23. The Morgan fingerprint density at radius 2 is 1.89 bits per heavy atom. The first kappa shape index (κ1) is 16.2. The summed E-state index contributed by atoms with van der Waals surface area (Å²) in [5.74, 6) is 0.250. The van der Waals surface area contributed by atoms with Crippen LogP contribution in [0.1, 0.15) is 50.8 Å². The zero-order valence-corrected chi connectivity index (χ0v) is 13.0. The summed E-state index contributed by atoms with van der Waals surface area (Å²) < 4.78 is 24.9. The van der Waals surface area contributed by atoms with Crippen LogP contribution < -0.4 is 0 Å². The second-order valence-electron chi connectivity index (χ2n) is 4.65. The van der Waals surface area contributed by atoms with Crippen molar-refractivity contribution in [2.24, 2.45) is 0 Å². The molecular weight excluding hydrogens is 264 g/mol. The zero-order valence-electron chi connectivity index (χ0n) is 12.2. The molecule has 110 valence electrons. The van der Waals surface area contributed by atoms with E-state index in [1.807, 2.05) is 13.8 Å². The minimum absolute atomic E-state index is 0.0978. The van der Waals surface area contributed by atoms with Crippen molar-refractivity contribution < 1.29 is 13.5 Å². The van der Waals surface area contributed by atoms with Gasteiger partial charge in [-0.15, -0.1) is 0 Å². The van der Waals surface area contributed by atoms with Crippen molar-refractivity contribution in [3.63, 3.8) is 0 Å². The Balaban J connectivity index is 3.08. The van der Waals surface area contributed by atoms with Crippen LogP contribution >= 0.6 is 0 Å². The lowest BCUT2D eigenvalue weighted by Gasteiger charge is -2.09. The zero-order chi connectivity index (χ0) is 14.6. The maximum Gasteiger partial charge on any atom is 0.151 e. The maximum absolute atomic E-state index is 11.6. The van der Waals surface area contributed by atoms with Crippen molar-refractivity contribution in [3.05, 3.63) is 17.0 Å². The van der Waals surface area contributed by atoms with E-state index in [0.29, 0.717) is 6.54 Å². The van der Waals surface area contributed by atoms with Gasteiger partial charge >= 0.3 is 0 Å². The van der Waals surface area contributed by atoms with E-state index in [2.05, 4.69) is 5.10 Å². The van der Waals surface area contributed by atoms with Crippen LogP contribution in [0.5, 0.6) is 0 Å². The first-order valence-corrected chi connectivity index (χ1v) is 8.65. The first-order chi connectivity index (χ1) is 8.86. The van der Waals surface area contributed by atoms with Gasteiger partial charge in [-0.05, 0) is 19.8 Å². The predicted octanol–water partition coefficient (Wildman–Crippen LogP) is 1.50. The molecular formula is C13H24N2O3S. The van der Waals surface area contributed by atoms with Crippen molar-refractivity contribution >= 4 is 9.84 Å². The van der Waals surface area contributed by atoms with Crippen molar-refractivity contribution in [3.8, 4) is 0 Å². The van der Waals surface area contributed by atoms with Crippen LogP contribution in [-0.4, -0.2) is 34.8 Å². The number of nitrogens with zero attached hydrogens (tertiary/aromatic N) is 2. The second kappa shape index (κ2) is 6.52. The van der Waals surface area contributed by atoms with Crippen molar-refractivity contribution in [1.82, 2.24) is 9.78 Å². The topological polar surface area (TPSA) is 72.2 Å². The Bertz CT molecular complexity index is 518. The Labute approximate surface area is 115 Å². The third-order valence-corrected chi connectivity index (χ3v) is 5.00. The molecule has 1 aromatic heterocycles. The molecule has 0 aliphatic heterocycles. The van der Waals surface area contributed by atoms with Gasteiger partial charge in [0.25, 0.3) is 0 Å². The molecule has 0 saturated heterocycles. The van der Waals surface area contributed by atoms with E-state index in [0.717, 1.165) is 29.8 Å². The standard InChI is InChI=1S/C13H24N2O3S/c1-5-11-13(10(4)16)12(6-2)15(14-11)8-9-19(17,18)7-3/h10,16H,5-9H2,1-4H3. The van der Waals surface area contributed by atoms with Crippen LogP contribution in [0.25, 0.3) is 0 Å². The normalized spacial score (nSPS) is 13.7. The van der Waals surface area contributed by atoms with Gasteiger partial charge in [-0.25, -0.2) is 8.42 Å². The maximum atomic E-state index is 11.6. The largest absolute Gasteiger partial charge is 0.389 e. The summed E-state index contributed by atoms with van der Waals surface area (Å²) in [5, 5.41) is 14.3.